The average molecular weight is 226 g/mol. The van der Waals surface area contributed by atoms with Crippen molar-refractivity contribution in [3.8, 4) is 0 Å². The minimum Gasteiger partial charge on any atom is -0.393 e. The smallest absolute Gasteiger partial charge is 0.286 e. The van der Waals surface area contributed by atoms with Crippen molar-refractivity contribution >= 4 is 0 Å². The number of nitrogens with zero attached hydrogens (tertiary/aromatic N) is 2. The van der Waals surface area contributed by atoms with Crippen LogP contribution in [0.25, 0.3) is 0 Å². The Morgan fingerprint density at radius 1 is 1.44 bits per heavy atom. The van der Waals surface area contributed by atoms with Gasteiger partial charge in [-0.2, -0.15) is 0 Å². The predicted molar refractivity (Wildman–Crippen MR) is 59.3 cm³/mol. The molecule has 0 amide bonds. The van der Waals surface area contributed by atoms with Crippen LogP contribution in [0.3, 0.4) is 0 Å². The van der Waals surface area contributed by atoms with Gasteiger partial charge >= 0.3 is 0 Å². The van der Waals surface area contributed by atoms with Crippen molar-refractivity contribution in [2.75, 3.05) is 0 Å². The molecular weight excluding hydrogens is 208 g/mol. The van der Waals surface area contributed by atoms with Gasteiger partial charge in [-0.1, -0.05) is 0 Å². The number of nitro groups is 1. The molecule has 0 aromatic heterocycles. The van der Waals surface area contributed by atoms with Gasteiger partial charge in [0, 0.05) is 6.04 Å². The topological polar surface area (TPSA) is 66.6 Å². The first-order chi connectivity index (χ1) is 7.43. The fourth-order valence-electron chi connectivity index (χ4n) is 2.69. The minimum atomic E-state index is -0.462. The number of aliphatic hydroxyl groups excluding tert-OH is 1. The van der Waals surface area contributed by atoms with Gasteiger partial charge in [-0.05, 0) is 39.5 Å². The van der Waals surface area contributed by atoms with E-state index in [9.17, 15) is 15.2 Å². The molecule has 1 aliphatic carbocycles. The molecule has 0 unspecified atom stereocenters. The summed E-state index contributed by atoms with van der Waals surface area (Å²) in [6.45, 7) is 3.77. The molecule has 2 rings (SSSR count). The number of hydrogen-bond donors (Lipinski definition) is 1. The van der Waals surface area contributed by atoms with E-state index in [1.165, 1.54) is 0 Å². The first-order valence-electron chi connectivity index (χ1n) is 5.76. The second-order valence-electron chi connectivity index (χ2n) is 5.20. The molecule has 0 atom stereocenters. The Balaban J connectivity index is 2.05. The number of hydrogen-bond acceptors (Lipinski definition) is 4. The molecule has 0 aromatic carbocycles. The highest BCUT2D eigenvalue weighted by molar-refractivity contribution is 5.23. The Labute approximate surface area is 94.9 Å². The number of aliphatic hydroxyl groups is 1. The minimum absolute atomic E-state index is 0.181. The van der Waals surface area contributed by atoms with E-state index in [0.29, 0.717) is 11.7 Å². The van der Waals surface area contributed by atoms with Gasteiger partial charge in [-0.15, -0.1) is 0 Å². The molecule has 1 fully saturated rings. The van der Waals surface area contributed by atoms with E-state index in [1.54, 1.807) is 6.20 Å². The van der Waals surface area contributed by atoms with Gasteiger partial charge in [0.15, 0.2) is 0 Å². The van der Waals surface area contributed by atoms with E-state index >= 15 is 0 Å². The summed E-state index contributed by atoms with van der Waals surface area (Å²) < 4.78 is 0. The molecule has 90 valence electrons. The standard InChI is InChI=1S/C11H18N2O3/c1-11(2)10(13(15)16)7-12(11)8-3-5-9(14)6-4-8/h7-9,14H,3-6H2,1-2H3. The van der Waals surface area contributed by atoms with Crippen LogP contribution in [-0.2, 0) is 0 Å². The lowest BCUT2D eigenvalue weighted by atomic mass is 9.84. The van der Waals surface area contributed by atoms with Crippen molar-refractivity contribution in [3.63, 3.8) is 0 Å². The van der Waals surface area contributed by atoms with Crippen LogP contribution in [0, 0.1) is 10.1 Å². The Morgan fingerprint density at radius 2 is 2.00 bits per heavy atom. The summed E-state index contributed by atoms with van der Waals surface area (Å²) in [4.78, 5) is 12.5. The third-order valence-electron chi connectivity index (χ3n) is 3.79. The van der Waals surface area contributed by atoms with Gasteiger partial charge in [-0.25, -0.2) is 0 Å². The normalized spacial score (nSPS) is 32.9. The Kier molecular flexibility index (Phi) is 2.66. The molecule has 0 bridgehead atoms. The molecule has 1 N–H and O–H groups in total. The zero-order chi connectivity index (χ0) is 11.9. The largest absolute Gasteiger partial charge is 0.393 e. The highest BCUT2D eigenvalue weighted by atomic mass is 16.6. The maximum Gasteiger partial charge on any atom is 0.286 e. The lowest BCUT2D eigenvalue weighted by Crippen LogP contribution is -2.57. The quantitative estimate of drug-likeness (QED) is 0.572. The molecule has 16 heavy (non-hydrogen) atoms. The van der Waals surface area contributed by atoms with Crippen molar-refractivity contribution < 1.29 is 10.0 Å². The van der Waals surface area contributed by atoms with Crippen LogP contribution >= 0.6 is 0 Å². The van der Waals surface area contributed by atoms with Crippen LogP contribution in [0.2, 0.25) is 0 Å². The third-order valence-corrected chi connectivity index (χ3v) is 3.79. The van der Waals surface area contributed by atoms with Crippen molar-refractivity contribution in [1.29, 1.82) is 0 Å². The Bertz CT molecular complexity index is 330. The highest BCUT2D eigenvalue weighted by Crippen LogP contribution is 2.40. The van der Waals surface area contributed by atoms with E-state index in [-0.39, 0.29) is 11.0 Å². The Hall–Kier alpha value is -1.10. The van der Waals surface area contributed by atoms with Gasteiger partial charge in [0.1, 0.15) is 5.54 Å². The molecule has 1 heterocycles. The van der Waals surface area contributed by atoms with Crippen LogP contribution < -0.4 is 0 Å². The van der Waals surface area contributed by atoms with Crippen molar-refractivity contribution in [1.82, 2.24) is 4.90 Å². The molecule has 0 spiro atoms. The second-order valence-corrected chi connectivity index (χ2v) is 5.20. The van der Waals surface area contributed by atoms with E-state index in [4.69, 9.17) is 0 Å². The second kappa shape index (κ2) is 3.73. The van der Waals surface area contributed by atoms with Crippen LogP contribution in [0.15, 0.2) is 11.9 Å². The first kappa shape index (κ1) is 11.4. The summed E-state index contributed by atoms with van der Waals surface area (Å²) in [6.07, 6.45) is 4.93. The zero-order valence-corrected chi connectivity index (χ0v) is 9.72. The van der Waals surface area contributed by atoms with Gasteiger partial charge in [-0.3, -0.25) is 10.1 Å². The summed E-state index contributed by atoms with van der Waals surface area (Å²) in [7, 11) is 0. The molecule has 5 nitrogen and oxygen atoms in total. The highest BCUT2D eigenvalue weighted by Gasteiger charge is 2.49. The van der Waals surface area contributed by atoms with Crippen LogP contribution in [0.5, 0.6) is 0 Å². The predicted octanol–water partition coefficient (Wildman–Crippen LogP) is 1.50. The average Bonchev–Trinajstić information content (AvgIpc) is 2.19. The van der Waals surface area contributed by atoms with E-state index in [0.717, 1.165) is 25.7 Å². The van der Waals surface area contributed by atoms with Gasteiger partial charge in [0.2, 0.25) is 0 Å². The summed E-state index contributed by atoms with van der Waals surface area (Å²) in [5, 5.41) is 20.2. The molecule has 0 saturated heterocycles. The van der Waals surface area contributed by atoms with Crippen LogP contribution in [-0.4, -0.2) is 32.6 Å². The van der Waals surface area contributed by atoms with Crippen LogP contribution in [0.4, 0.5) is 0 Å². The summed E-state index contributed by atoms with van der Waals surface area (Å²) in [6, 6.07) is 0.349. The maximum atomic E-state index is 10.7. The monoisotopic (exact) mass is 226 g/mol. The molecule has 2 aliphatic rings. The molecule has 5 heteroatoms. The number of rotatable bonds is 2. The summed E-state index contributed by atoms with van der Waals surface area (Å²) >= 11 is 0. The molecule has 1 aliphatic heterocycles. The van der Waals surface area contributed by atoms with Gasteiger partial charge in [0.05, 0.1) is 17.2 Å². The third kappa shape index (κ3) is 1.69. The van der Waals surface area contributed by atoms with E-state index < -0.39 is 5.54 Å². The van der Waals surface area contributed by atoms with Gasteiger partial charge < -0.3 is 10.0 Å². The lowest BCUT2D eigenvalue weighted by molar-refractivity contribution is -0.449. The SMILES string of the molecule is CC1(C)C([N+](=O)[O-])=CN1C1CCC(O)CC1. The van der Waals surface area contributed by atoms with Crippen molar-refractivity contribution in [3.05, 3.63) is 22.0 Å². The van der Waals surface area contributed by atoms with Crippen LogP contribution in [0.1, 0.15) is 39.5 Å². The first-order valence-corrected chi connectivity index (χ1v) is 5.76. The van der Waals surface area contributed by atoms with Crippen molar-refractivity contribution in [2.45, 2.75) is 57.2 Å². The van der Waals surface area contributed by atoms with E-state index in [1.807, 2.05) is 13.8 Å². The maximum absolute atomic E-state index is 10.7. The lowest BCUT2D eigenvalue weighted by Gasteiger charge is -2.48. The van der Waals surface area contributed by atoms with E-state index in [2.05, 4.69) is 4.90 Å². The molecular formula is C11H18N2O3. The molecule has 0 aromatic rings. The molecule has 0 radical (unpaired) electrons. The van der Waals surface area contributed by atoms with Gasteiger partial charge in [0.25, 0.3) is 5.70 Å². The summed E-state index contributed by atoms with van der Waals surface area (Å²) in [5.41, 5.74) is -0.171. The van der Waals surface area contributed by atoms with Crippen molar-refractivity contribution in [2.24, 2.45) is 0 Å². The fraction of sp³-hybridized carbons (Fsp3) is 0.818. The summed E-state index contributed by atoms with van der Waals surface area (Å²) in [5.74, 6) is 0. The zero-order valence-electron chi connectivity index (χ0n) is 9.72. The molecule has 1 saturated carbocycles. The Morgan fingerprint density at radius 3 is 2.44 bits per heavy atom. The fourth-order valence-corrected chi connectivity index (χ4v) is 2.69.